The lowest BCUT2D eigenvalue weighted by molar-refractivity contribution is -0.384. The Morgan fingerprint density at radius 3 is 2.71 bits per heavy atom. The van der Waals surface area contributed by atoms with Crippen LogP contribution in [0.2, 0.25) is 0 Å². The first-order chi connectivity index (χ1) is 10.0. The van der Waals surface area contributed by atoms with Crippen molar-refractivity contribution in [3.05, 3.63) is 46.2 Å². The Labute approximate surface area is 122 Å². The van der Waals surface area contributed by atoms with Gasteiger partial charge in [0.25, 0.3) is 5.69 Å². The molecule has 0 bridgehead atoms. The summed E-state index contributed by atoms with van der Waals surface area (Å²) >= 11 is 0. The topological polar surface area (TPSA) is 77.5 Å². The van der Waals surface area contributed by atoms with Crippen LogP contribution in [-0.4, -0.2) is 18.1 Å². The third-order valence-corrected chi connectivity index (χ3v) is 3.01. The Morgan fingerprint density at radius 2 is 2.10 bits per heavy atom. The number of nitrogens with zero attached hydrogens (tertiary/aromatic N) is 1. The standard InChI is InChI=1S/C15H18N2O4/c1-10(2)16-9-12-5-7-14(21-12)13-6-4-11(17(18)19)8-15(13)20-3/h4-8,10,16H,9H2,1-3H3. The van der Waals surface area contributed by atoms with Gasteiger partial charge in [-0.1, -0.05) is 13.8 Å². The van der Waals surface area contributed by atoms with Crippen molar-refractivity contribution in [2.24, 2.45) is 0 Å². The maximum atomic E-state index is 10.8. The highest BCUT2D eigenvalue weighted by Gasteiger charge is 2.15. The molecule has 0 fully saturated rings. The average Bonchev–Trinajstić information content (AvgIpc) is 2.93. The van der Waals surface area contributed by atoms with Crippen molar-refractivity contribution in [3.8, 4) is 17.1 Å². The van der Waals surface area contributed by atoms with E-state index >= 15 is 0 Å². The van der Waals surface area contributed by atoms with E-state index in [1.807, 2.05) is 12.1 Å². The number of methoxy groups -OCH3 is 1. The van der Waals surface area contributed by atoms with Gasteiger partial charge in [-0.2, -0.15) is 0 Å². The number of nitro benzene ring substituents is 1. The van der Waals surface area contributed by atoms with Crippen molar-refractivity contribution in [1.29, 1.82) is 0 Å². The third kappa shape index (κ3) is 3.61. The van der Waals surface area contributed by atoms with Crippen LogP contribution in [0.1, 0.15) is 19.6 Å². The highest BCUT2D eigenvalue weighted by Crippen LogP contribution is 2.34. The van der Waals surface area contributed by atoms with Gasteiger partial charge in [-0.15, -0.1) is 0 Å². The van der Waals surface area contributed by atoms with E-state index in [-0.39, 0.29) is 5.69 Å². The van der Waals surface area contributed by atoms with Gasteiger partial charge >= 0.3 is 0 Å². The van der Waals surface area contributed by atoms with Crippen molar-refractivity contribution in [2.45, 2.75) is 26.4 Å². The molecule has 2 aromatic rings. The van der Waals surface area contributed by atoms with Crippen LogP contribution in [-0.2, 0) is 6.54 Å². The number of rotatable bonds is 6. The van der Waals surface area contributed by atoms with Crippen molar-refractivity contribution < 1.29 is 14.1 Å². The molecule has 1 aromatic heterocycles. The van der Waals surface area contributed by atoms with Crippen LogP contribution < -0.4 is 10.1 Å². The van der Waals surface area contributed by atoms with E-state index in [0.717, 1.165) is 5.76 Å². The van der Waals surface area contributed by atoms with Gasteiger partial charge in [0.2, 0.25) is 0 Å². The summed E-state index contributed by atoms with van der Waals surface area (Å²) in [5.74, 6) is 1.85. The molecule has 112 valence electrons. The molecule has 0 aliphatic rings. The number of ether oxygens (including phenoxy) is 1. The number of non-ortho nitro benzene ring substituents is 1. The van der Waals surface area contributed by atoms with Crippen LogP contribution in [0.3, 0.4) is 0 Å². The number of nitro groups is 1. The molecule has 1 N–H and O–H groups in total. The zero-order valence-corrected chi connectivity index (χ0v) is 12.3. The van der Waals surface area contributed by atoms with Gasteiger partial charge in [-0.05, 0) is 18.2 Å². The second-order valence-corrected chi connectivity index (χ2v) is 4.94. The van der Waals surface area contributed by atoms with Crippen molar-refractivity contribution in [2.75, 3.05) is 7.11 Å². The molecule has 0 atom stereocenters. The molecule has 6 heteroatoms. The van der Waals surface area contributed by atoms with Gasteiger partial charge in [0.05, 0.1) is 30.2 Å². The minimum Gasteiger partial charge on any atom is -0.496 e. The maximum absolute atomic E-state index is 10.8. The lowest BCUT2D eigenvalue weighted by atomic mass is 10.1. The summed E-state index contributed by atoms with van der Waals surface area (Å²) in [6.45, 7) is 4.75. The molecule has 0 unspecified atom stereocenters. The number of benzene rings is 1. The highest BCUT2D eigenvalue weighted by atomic mass is 16.6. The zero-order valence-electron chi connectivity index (χ0n) is 12.3. The molecule has 0 aliphatic carbocycles. The number of hydrogen-bond donors (Lipinski definition) is 1. The van der Waals surface area contributed by atoms with Gasteiger partial charge in [0, 0.05) is 12.1 Å². The monoisotopic (exact) mass is 290 g/mol. The first kappa shape index (κ1) is 15.1. The van der Waals surface area contributed by atoms with Gasteiger partial charge in [0.15, 0.2) is 0 Å². The van der Waals surface area contributed by atoms with Gasteiger partial charge in [0.1, 0.15) is 17.3 Å². The van der Waals surface area contributed by atoms with E-state index in [0.29, 0.717) is 29.7 Å². The van der Waals surface area contributed by atoms with Crippen molar-refractivity contribution in [3.63, 3.8) is 0 Å². The molecule has 0 aliphatic heterocycles. The zero-order chi connectivity index (χ0) is 15.4. The van der Waals surface area contributed by atoms with E-state index in [2.05, 4.69) is 19.2 Å². The fourth-order valence-electron chi connectivity index (χ4n) is 1.92. The maximum Gasteiger partial charge on any atom is 0.273 e. The largest absolute Gasteiger partial charge is 0.496 e. The van der Waals surface area contributed by atoms with Crippen LogP contribution in [0.5, 0.6) is 5.75 Å². The van der Waals surface area contributed by atoms with Gasteiger partial charge in [-0.3, -0.25) is 10.1 Å². The molecular weight excluding hydrogens is 272 g/mol. The Morgan fingerprint density at radius 1 is 1.33 bits per heavy atom. The second-order valence-electron chi connectivity index (χ2n) is 4.94. The first-order valence-electron chi connectivity index (χ1n) is 6.66. The third-order valence-electron chi connectivity index (χ3n) is 3.01. The molecule has 0 amide bonds. The smallest absolute Gasteiger partial charge is 0.273 e. The Balaban J connectivity index is 2.27. The van der Waals surface area contributed by atoms with Gasteiger partial charge in [-0.25, -0.2) is 0 Å². The second kappa shape index (κ2) is 6.41. The normalized spacial score (nSPS) is 10.9. The molecule has 0 radical (unpaired) electrons. The molecule has 2 rings (SSSR count). The van der Waals surface area contributed by atoms with Crippen LogP contribution in [0.15, 0.2) is 34.7 Å². The van der Waals surface area contributed by atoms with E-state index in [4.69, 9.17) is 9.15 Å². The van der Waals surface area contributed by atoms with Crippen LogP contribution in [0, 0.1) is 10.1 Å². The first-order valence-corrected chi connectivity index (χ1v) is 6.66. The summed E-state index contributed by atoms with van der Waals surface area (Å²) in [5.41, 5.74) is 0.683. The van der Waals surface area contributed by atoms with E-state index < -0.39 is 4.92 Å². The SMILES string of the molecule is COc1cc([N+](=O)[O-])ccc1-c1ccc(CNC(C)C)o1. The predicted molar refractivity (Wildman–Crippen MR) is 79.3 cm³/mol. The van der Waals surface area contributed by atoms with E-state index in [1.165, 1.54) is 19.2 Å². The average molecular weight is 290 g/mol. The van der Waals surface area contributed by atoms with Crippen molar-refractivity contribution in [1.82, 2.24) is 5.32 Å². The van der Waals surface area contributed by atoms with E-state index in [1.54, 1.807) is 6.07 Å². The molecule has 0 spiro atoms. The molecule has 1 aromatic carbocycles. The molecule has 21 heavy (non-hydrogen) atoms. The van der Waals surface area contributed by atoms with Gasteiger partial charge < -0.3 is 14.5 Å². The predicted octanol–water partition coefficient (Wildman–Crippen LogP) is 3.36. The molecule has 6 nitrogen and oxygen atoms in total. The lowest BCUT2D eigenvalue weighted by Gasteiger charge is -2.07. The van der Waals surface area contributed by atoms with Crippen molar-refractivity contribution >= 4 is 5.69 Å². The molecule has 1 heterocycles. The Bertz CT molecular complexity index is 634. The Hall–Kier alpha value is -2.34. The molecule has 0 saturated carbocycles. The lowest BCUT2D eigenvalue weighted by Crippen LogP contribution is -2.21. The minimum atomic E-state index is -0.452. The highest BCUT2D eigenvalue weighted by molar-refractivity contribution is 5.68. The summed E-state index contributed by atoms with van der Waals surface area (Å²) in [6, 6.07) is 8.55. The molecular formula is C15H18N2O4. The van der Waals surface area contributed by atoms with Crippen LogP contribution in [0.4, 0.5) is 5.69 Å². The minimum absolute atomic E-state index is 0.0103. The summed E-state index contributed by atoms with van der Waals surface area (Å²) in [4.78, 5) is 10.3. The Kier molecular flexibility index (Phi) is 4.59. The van der Waals surface area contributed by atoms with Crippen LogP contribution in [0.25, 0.3) is 11.3 Å². The fourth-order valence-corrected chi connectivity index (χ4v) is 1.92. The summed E-state index contributed by atoms with van der Waals surface area (Å²) in [6.07, 6.45) is 0. The quantitative estimate of drug-likeness (QED) is 0.652. The van der Waals surface area contributed by atoms with E-state index in [9.17, 15) is 10.1 Å². The summed E-state index contributed by atoms with van der Waals surface area (Å²) in [7, 11) is 1.48. The summed E-state index contributed by atoms with van der Waals surface area (Å²) in [5, 5.41) is 14.1. The number of furan rings is 1. The summed E-state index contributed by atoms with van der Waals surface area (Å²) < 4.78 is 11.0. The number of nitrogens with one attached hydrogen (secondary N) is 1. The number of hydrogen-bond acceptors (Lipinski definition) is 5. The fraction of sp³-hybridized carbons (Fsp3) is 0.333. The molecule has 0 saturated heterocycles. The van der Waals surface area contributed by atoms with Crippen LogP contribution >= 0.6 is 0 Å².